The quantitative estimate of drug-likeness (QED) is 0.877. The van der Waals surface area contributed by atoms with Crippen molar-refractivity contribution >= 4 is 46.4 Å². The zero-order chi connectivity index (χ0) is 18.0. The molecule has 2 amide bonds. The van der Waals surface area contributed by atoms with E-state index in [-0.39, 0.29) is 19.2 Å². The third-order valence-corrected chi connectivity index (χ3v) is 4.21. The maximum Gasteiger partial charge on any atom is 0.244 e. The van der Waals surface area contributed by atoms with Gasteiger partial charge in [-0.05, 0) is 24.3 Å². The van der Waals surface area contributed by atoms with E-state index in [9.17, 15) is 9.59 Å². The Morgan fingerprint density at radius 1 is 1.12 bits per heavy atom. The van der Waals surface area contributed by atoms with Crippen LogP contribution in [0.2, 0.25) is 10.0 Å². The molecule has 0 atom stereocenters. The number of carbonyl (C=O) groups is 2. The second-order valence-electron chi connectivity index (χ2n) is 5.29. The molecular weight excluding hydrogens is 367 g/mol. The van der Waals surface area contributed by atoms with Crippen LogP contribution in [0.5, 0.6) is 11.5 Å². The van der Waals surface area contributed by atoms with Gasteiger partial charge in [-0.15, -0.1) is 0 Å². The molecule has 1 N–H and O–H groups in total. The minimum atomic E-state index is -0.428. The molecule has 130 valence electrons. The van der Waals surface area contributed by atoms with E-state index in [1.807, 2.05) is 0 Å². The number of hydrogen-bond acceptors (Lipinski definition) is 4. The van der Waals surface area contributed by atoms with Gasteiger partial charge in [0.05, 0.1) is 15.7 Å². The van der Waals surface area contributed by atoms with Gasteiger partial charge in [0.25, 0.3) is 0 Å². The lowest BCUT2D eigenvalue weighted by molar-refractivity contribution is -0.120. The van der Waals surface area contributed by atoms with Crippen molar-refractivity contribution in [3.05, 3.63) is 46.4 Å². The molecule has 2 aromatic rings. The normalized spacial score (nSPS) is 12.0. The van der Waals surface area contributed by atoms with Crippen LogP contribution in [0.1, 0.15) is 6.92 Å². The smallest absolute Gasteiger partial charge is 0.244 e. The maximum atomic E-state index is 12.4. The molecule has 0 radical (unpaired) electrons. The molecule has 3 rings (SSSR count). The molecule has 1 aliphatic rings. The number of rotatable bonds is 4. The summed E-state index contributed by atoms with van der Waals surface area (Å²) in [5.41, 5.74) is 0.835. The number of halogens is 2. The van der Waals surface area contributed by atoms with Gasteiger partial charge in [0.2, 0.25) is 18.6 Å². The number of fused-ring (bicyclic) bond motifs is 1. The molecule has 1 aliphatic heterocycles. The van der Waals surface area contributed by atoms with Gasteiger partial charge >= 0.3 is 0 Å². The SMILES string of the molecule is CC(=O)N(CC(=O)Nc1c(Cl)cccc1Cl)c1ccc2c(c1)OCO2. The van der Waals surface area contributed by atoms with Crippen LogP contribution in [0, 0.1) is 0 Å². The van der Waals surface area contributed by atoms with Crippen molar-refractivity contribution in [2.24, 2.45) is 0 Å². The Kier molecular flexibility index (Phi) is 5.01. The molecule has 25 heavy (non-hydrogen) atoms. The Hall–Kier alpha value is -2.44. The maximum absolute atomic E-state index is 12.4. The fraction of sp³-hybridized carbons (Fsp3) is 0.176. The zero-order valence-electron chi connectivity index (χ0n) is 13.2. The van der Waals surface area contributed by atoms with Gasteiger partial charge in [-0.1, -0.05) is 29.3 Å². The van der Waals surface area contributed by atoms with E-state index in [0.29, 0.717) is 32.9 Å². The van der Waals surface area contributed by atoms with Crippen molar-refractivity contribution in [3.8, 4) is 11.5 Å². The molecule has 0 aromatic heterocycles. The Morgan fingerprint density at radius 2 is 1.80 bits per heavy atom. The number of nitrogens with one attached hydrogen (secondary N) is 1. The van der Waals surface area contributed by atoms with E-state index >= 15 is 0 Å². The Balaban J connectivity index is 1.78. The fourth-order valence-corrected chi connectivity index (χ4v) is 2.87. The molecule has 0 aliphatic carbocycles. The summed E-state index contributed by atoms with van der Waals surface area (Å²) in [6.45, 7) is 1.31. The van der Waals surface area contributed by atoms with Crippen LogP contribution in [0.4, 0.5) is 11.4 Å². The summed E-state index contributed by atoms with van der Waals surface area (Å²) >= 11 is 12.1. The predicted octanol–water partition coefficient (Wildman–Crippen LogP) is 3.71. The third-order valence-electron chi connectivity index (χ3n) is 3.58. The minimum absolute atomic E-state index is 0.129. The van der Waals surface area contributed by atoms with E-state index in [2.05, 4.69) is 5.32 Å². The summed E-state index contributed by atoms with van der Waals surface area (Å²) in [5, 5.41) is 3.27. The summed E-state index contributed by atoms with van der Waals surface area (Å²) in [5.74, 6) is 0.403. The molecule has 8 heteroatoms. The van der Waals surface area contributed by atoms with Gasteiger partial charge in [-0.25, -0.2) is 0 Å². The molecule has 0 bridgehead atoms. The molecule has 0 unspecified atom stereocenters. The topological polar surface area (TPSA) is 67.9 Å². The number of carbonyl (C=O) groups excluding carboxylic acids is 2. The third kappa shape index (κ3) is 3.81. The fourth-order valence-electron chi connectivity index (χ4n) is 2.38. The lowest BCUT2D eigenvalue weighted by Gasteiger charge is -2.21. The van der Waals surface area contributed by atoms with Gasteiger partial charge in [0.15, 0.2) is 11.5 Å². The minimum Gasteiger partial charge on any atom is -0.454 e. The lowest BCUT2D eigenvalue weighted by atomic mass is 10.2. The lowest BCUT2D eigenvalue weighted by Crippen LogP contribution is -2.36. The van der Waals surface area contributed by atoms with Crippen LogP contribution >= 0.6 is 23.2 Å². The van der Waals surface area contributed by atoms with Gasteiger partial charge in [0, 0.05) is 18.7 Å². The van der Waals surface area contributed by atoms with E-state index in [4.69, 9.17) is 32.7 Å². The van der Waals surface area contributed by atoms with Crippen LogP contribution in [-0.4, -0.2) is 25.2 Å². The molecule has 2 aromatic carbocycles. The standard InChI is InChI=1S/C17H14Cl2N2O4/c1-10(22)21(11-5-6-14-15(7-11)25-9-24-14)8-16(23)20-17-12(18)3-2-4-13(17)19/h2-7H,8-9H2,1H3,(H,20,23). The van der Waals surface area contributed by atoms with Gasteiger partial charge in [0.1, 0.15) is 6.54 Å². The average molecular weight is 381 g/mol. The molecule has 0 saturated heterocycles. The number of para-hydroxylation sites is 1. The van der Waals surface area contributed by atoms with Gasteiger partial charge < -0.3 is 19.7 Å². The highest BCUT2D eigenvalue weighted by molar-refractivity contribution is 6.39. The highest BCUT2D eigenvalue weighted by Gasteiger charge is 2.21. The first kappa shape index (κ1) is 17.4. The molecule has 6 nitrogen and oxygen atoms in total. The van der Waals surface area contributed by atoms with E-state index < -0.39 is 5.91 Å². The van der Waals surface area contributed by atoms with Crippen LogP contribution in [0.25, 0.3) is 0 Å². The first-order valence-electron chi connectivity index (χ1n) is 7.37. The predicted molar refractivity (Wildman–Crippen MR) is 95.7 cm³/mol. The van der Waals surface area contributed by atoms with Crippen LogP contribution < -0.4 is 19.7 Å². The number of nitrogens with zero attached hydrogens (tertiary/aromatic N) is 1. The number of anilines is 2. The van der Waals surface area contributed by atoms with Crippen LogP contribution in [0.3, 0.4) is 0 Å². The summed E-state index contributed by atoms with van der Waals surface area (Å²) in [6, 6.07) is 9.93. The second-order valence-corrected chi connectivity index (χ2v) is 6.10. The summed E-state index contributed by atoms with van der Waals surface area (Å²) in [6.07, 6.45) is 0. The van der Waals surface area contributed by atoms with Crippen molar-refractivity contribution < 1.29 is 19.1 Å². The van der Waals surface area contributed by atoms with Crippen molar-refractivity contribution in [1.29, 1.82) is 0 Å². The zero-order valence-corrected chi connectivity index (χ0v) is 14.7. The Morgan fingerprint density at radius 3 is 2.48 bits per heavy atom. The number of benzene rings is 2. The molecular formula is C17H14Cl2N2O4. The average Bonchev–Trinajstić information content (AvgIpc) is 3.03. The highest BCUT2D eigenvalue weighted by Crippen LogP contribution is 2.35. The monoisotopic (exact) mass is 380 g/mol. The van der Waals surface area contributed by atoms with Gasteiger partial charge in [-0.3, -0.25) is 9.59 Å². The van der Waals surface area contributed by atoms with E-state index in [1.54, 1.807) is 36.4 Å². The largest absolute Gasteiger partial charge is 0.454 e. The summed E-state index contributed by atoms with van der Waals surface area (Å²) < 4.78 is 10.6. The molecule has 0 spiro atoms. The summed E-state index contributed by atoms with van der Waals surface area (Å²) in [7, 11) is 0. The summed E-state index contributed by atoms with van der Waals surface area (Å²) in [4.78, 5) is 25.7. The number of amides is 2. The van der Waals surface area contributed by atoms with Crippen LogP contribution in [0.15, 0.2) is 36.4 Å². The van der Waals surface area contributed by atoms with Gasteiger partial charge in [-0.2, -0.15) is 0 Å². The Bertz CT molecular complexity index is 821. The van der Waals surface area contributed by atoms with Crippen molar-refractivity contribution in [2.45, 2.75) is 6.92 Å². The first-order valence-corrected chi connectivity index (χ1v) is 8.13. The van der Waals surface area contributed by atoms with Crippen LogP contribution in [-0.2, 0) is 9.59 Å². The number of hydrogen-bond donors (Lipinski definition) is 1. The molecule has 0 fully saturated rings. The Labute approximate surface area is 154 Å². The van der Waals surface area contributed by atoms with Crippen molar-refractivity contribution in [2.75, 3.05) is 23.6 Å². The first-order chi connectivity index (χ1) is 12.0. The second kappa shape index (κ2) is 7.21. The molecule has 0 saturated carbocycles. The van der Waals surface area contributed by atoms with Crippen molar-refractivity contribution in [3.63, 3.8) is 0 Å². The number of ether oxygens (including phenoxy) is 2. The van der Waals surface area contributed by atoms with E-state index in [1.165, 1.54) is 11.8 Å². The van der Waals surface area contributed by atoms with Crippen molar-refractivity contribution in [1.82, 2.24) is 0 Å². The highest BCUT2D eigenvalue weighted by atomic mass is 35.5. The molecule has 1 heterocycles. The van der Waals surface area contributed by atoms with E-state index in [0.717, 1.165) is 0 Å².